The minimum absolute atomic E-state index is 0.474. The van der Waals surface area contributed by atoms with E-state index < -0.39 is 0 Å². The third-order valence-electron chi connectivity index (χ3n) is 3.87. The second kappa shape index (κ2) is 4.91. The molecule has 1 aliphatic rings. The van der Waals surface area contributed by atoms with E-state index in [-0.39, 0.29) is 0 Å². The van der Waals surface area contributed by atoms with Crippen LogP contribution in [0.3, 0.4) is 0 Å². The van der Waals surface area contributed by atoms with Crippen LogP contribution in [0.4, 0.5) is 0 Å². The molecule has 5 heteroatoms. The maximum absolute atomic E-state index is 4.16. The summed E-state index contributed by atoms with van der Waals surface area (Å²) in [7, 11) is 1.92. The van der Waals surface area contributed by atoms with E-state index in [1.807, 2.05) is 11.7 Å². The molecule has 3 unspecified atom stereocenters. The first kappa shape index (κ1) is 11.5. The predicted molar refractivity (Wildman–Crippen MR) is 61.8 cm³/mol. The van der Waals surface area contributed by atoms with Gasteiger partial charge in [0, 0.05) is 0 Å². The molecule has 1 aromatic heterocycles. The molecule has 1 aliphatic carbocycles. The first-order valence-corrected chi connectivity index (χ1v) is 6.15. The minimum Gasteiger partial charge on any atom is -0.313 e. The molecular weight excluding hydrogens is 202 g/mol. The fourth-order valence-electron chi connectivity index (χ4n) is 2.64. The average molecular weight is 223 g/mol. The lowest BCUT2D eigenvalue weighted by Gasteiger charge is -2.34. The Balaban J connectivity index is 2.18. The van der Waals surface area contributed by atoms with Crippen LogP contribution in [0.2, 0.25) is 0 Å². The Labute approximate surface area is 96.6 Å². The van der Waals surface area contributed by atoms with Crippen molar-refractivity contribution in [3.63, 3.8) is 0 Å². The zero-order valence-electron chi connectivity index (χ0n) is 10.3. The van der Waals surface area contributed by atoms with Crippen LogP contribution in [0.1, 0.15) is 45.0 Å². The summed E-state index contributed by atoms with van der Waals surface area (Å²) in [5, 5.41) is 15.1. The zero-order valence-corrected chi connectivity index (χ0v) is 10.3. The number of hydrogen-bond donors (Lipinski definition) is 1. The van der Waals surface area contributed by atoms with E-state index in [1.165, 1.54) is 19.3 Å². The van der Waals surface area contributed by atoms with Crippen LogP contribution in [0.15, 0.2) is 0 Å². The molecule has 1 N–H and O–H groups in total. The average Bonchev–Trinajstić information content (AvgIpc) is 2.71. The first-order valence-electron chi connectivity index (χ1n) is 6.15. The fourth-order valence-corrected chi connectivity index (χ4v) is 2.64. The largest absolute Gasteiger partial charge is 0.313 e. The summed E-state index contributed by atoms with van der Waals surface area (Å²) in [5.41, 5.74) is 0. The second-order valence-corrected chi connectivity index (χ2v) is 4.90. The number of aromatic nitrogens is 4. The van der Waals surface area contributed by atoms with Crippen molar-refractivity contribution in [2.75, 3.05) is 7.05 Å². The number of hydrogen-bond acceptors (Lipinski definition) is 4. The highest BCUT2D eigenvalue weighted by Crippen LogP contribution is 2.37. The molecule has 5 nitrogen and oxygen atoms in total. The van der Waals surface area contributed by atoms with Gasteiger partial charge in [0.15, 0.2) is 5.82 Å². The summed E-state index contributed by atoms with van der Waals surface area (Å²) in [6, 6.07) is 0.474. The molecule has 1 saturated carbocycles. The van der Waals surface area contributed by atoms with Gasteiger partial charge in [-0.3, -0.25) is 0 Å². The number of tetrazole rings is 1. The van der Waals surface area contributed by atoms with E-state index >= 15 is 0 Å². The Bertz CT molecular complexity index is 335. The molecule has 0 bridgehead atoms. The highest BCUT2D eigenvalue weighted by molar-refractivity contribution is 4.88. The Morgan fingerprint density at radius 1 is 1.38 bits per heavy atom. The van der Waals surface area contributed by atoms with Crippen LogP contribution < -0.4 is 5.32 Å². The second-order valence-electron chi connectivity index (χ2n) is 4.90. The molecule has 0 aliphatic heterocycles. The van der Waals surface area contributed by atoms with E-state index in [4.69, 9.17) is 0 Å². The molecular formula is C11H21N5. The van der Waals surface area contributed by atoms with Gasteiger partial charge >= 0.3 is 0 Å². The lowest BCUT2D eigenvalue weighted by atomic mass is 9.78. The van der Waals surface area contributed by atoms with Crippen molar-refractivity contribution in [1.29, 1.82) is 0 Å². The molecule has 0 radical (unpaired) electrons. The van der Waals surface area contributed by atoms with Gasteiger partial charge in [-0.05, 0) is 35.7 Å². The molecule has 16 heavy (non-hydrogen) atoms. The highest BCUT2D eigenvalue weighted by atomic mass is 15.6. The standard InChI is InChI=1S/C11H21N5/c1-8-5-4-6-10(9(8)2)16-11(7-12-3)13-14-15-16/h8-10,12H,4-7H2,1-3H3. The van der Waals surface area contributed by atoms with E-state index in [9.17, 15) is 0 Å². The smallest absolute Gasteiger partial charge is 0.165 e. The quantitative estimate of drug-likeness (QED) is 0.841. The van der Waals surface area contributed by atoms with Crippen LogP contribution in [0.5, 0.6) is 0 Å². The summed E-state index contributed by atoms with van der Waals surface area (Å²) >= 11 is 0. The van der Waals surface area contributed by atoms with Gasteiger partial charge in [0.2, 0.25) is 0 Å². The van der Waals surface area contributed by atoms with E-state index in [0.29, 0.717) is 12.0 Å². The zero-order chi connectivity index (χ0) is 11.5. The van der Waals surface area contributed by atoms with Crippen molar-refractivity contribution in [1.82, 2.24) is 25.5 Å². The van der Waals surface area contributed by atoms with Crippen molar-refractivity contribution in [2.45, 2.75) is 45.7 Å². The van der Waals surface area contributed by atoms with Gasteiger partial charge in [0.25, 0.3) is 0 Å². The van der Waals surface area contributed by atoms with Crippen LogP contribution in [0.25, 0.3) is 0 Å². The third kappa shape index (κ3) is 2.09. The van der Waals surface area contributed by atoms with Gasteiger partial charge in [0.05, 0.1) is 12.6 Å². The summed E-state index contributed by atoms with van der Waals surface area (Å²) in [5.74, 6) is 2.38. The molecule has 1 heterocycles. The molecule has 3 atom stereocenters. The molecule has 2 rings (SSSR count). The molecule has 1 fully saturated rings. The minimum atomic E-state index is 0.474. The van der Waals surface area contributed by atoms with Crippen molar-refractivity contribution in [3.05, 3.63) is 5.82 Å². The summed E-state index contributed by atoms with van der Waals surface area (Å²) in [6.45, 7) is 5.39. The monoisotopic (exact) mass is 223 g/mol. The number of rotatable bonds is 3. The van der Waals surface area contributed by atoms with Crippen LogP contribution in [0, 0.1) is 11.8 Å². The Morgan fingerprint density at radius 2 is 2.19 bits per heavy atom. The lowest BCUT2D eigenvalue weighted by molar-refractivity contribution is 0.169. The summed E-state index contributed by atoms with van der Waals surface area (Å²) in [4.78, 5) is 0. The van der Waals surface area contributed by atoms with Crippen LogP contribution in [-0.4, -0.2) is 27.3 Å². The van der Waals surface area contributed by atoms with Gasteiger partial charge in [-0.1, -0.05) is 26.7 Å². The van der Waals surface area contributed by atoms with Gasteiger partial charge in [-0.2, -0.15) is 0 Å². The molecule has 0 spiro atoms. The lowest BCUT2D eigenvalue weighted by Crippen LogP contribution is -2.29. The van der Waals surface area contributed by atoms with Gasteiger partial charge in [0.1, 0.15) is 0 Å². The maximum Gasteiger partial charge on any atom is 0.165 e. The van der Waals surface area contributed by atoms with Gasteiger partial charge in [-0.15, -0.1) is 5.10 Å². The Kier molecular flexibility index (Phi) is 3.53. The van der Waals surface area contributed by atoms with Crippen molar-refractivity contribution in [3.8, 4) is 0 Å². The number of nitrogens with one attached hydrogen (secondary N) is 1. The Morgan fingerprint density at radius 3 is 2.94 bits per heavy atom. The highest BCUT2D eigenvalue weighted by Gasteiger charge is 2.30. The normalized spacial score (nSPS) is 30.6. The summed E-state index contributed by atoms with van der Waals surface area (Å²) < 4.78 is 2.02. The van der Waals surface area contributed by atoms with Crippen molar-refractivity contribution >= 4 is 0 Å². The maximum atomic E-state index is 4.16. The fraction of sp³-hybridized carbons (Fsp3) is 0.909. The third-order valence-corrected chi connectivity index (χ3v) is 3.87. The topological polar surface area (TPSA) is 55.6 Å². The van der Waals surface area contributed by atoms with Crippen LogP contribution in [-0.2, 0) is 6.54 Å². The molecule has 0 amide bonds. The molecule has 90 valence electrons. The van der Waals surface area contributed by atoms with Gasteiger partial charge in [-0.25, -0.2) is 4.68 Å². The molecule has 0 aromatic carbocycles. The summed E-state index contributed by atoms with van der Waals surface area (Å²) in [6.07, 6.45) is 3.82. The SMILES string of the molecule is CNCc1nnnn1C1CCCC(C)C1C. The predicted octanol–water partition coefficient (Wildman–Crippen LogP) is 1.39. The first-order chi connectivity index (χ1) is 7.74. The van der Waals surface area contributed by atoms with E-state index in [2.05, 4.69) is 34.7 Å². The molecule has 1 aromatic rings. The Hall–Kier alpha value is -0.970. The van der Waals surface area contributed by atoms with Crippen LogP contribution >= 0.6 is 0 Å². The van der Waals surface area contributed by atoms with Crippen molar-refractivity contribution < 1.29 is 0 Å². The van der Waals surface area contributed by atoms with Crippen molar-refractivity contribution in [2.24, 2.45) is 11.8 Å². The van der Waals surface area contributed by atoms with E-state index in [0.717, 1.165) is 18.3 Å². The van der Waals surface area contributed by atoms with E-state index in [1.54, 1.807) is 0 Å². The van der Waals surface area contributed by atoms with Gasteiger partial charge < -0.3 is 5.32 Å². The number of nitrogens with zero attached hydrogens (tertiary/aromatic N) is 4. The molecule has 0 saturated heterocycles.